The number of amides is 1. The van der Waals surface area contributed by atoms with Crippen LogP contribution in [0.5, 0.6) is 0 Å². The monoisotopic (exact) mass is 363 g/mol. The van der Waals surface area contributed by atoms with E-state index >= 15 is 0 Å². The van der Waals surface area contributed by atoms with E-state index in [4.69, 9.17) is 0 Å². The molecule has 3 aromatic heterocycles. The van der Waals surface area contributed by atoms with Crippen molar-refractivity contribution in [3.05, 3.63) is 71.3 Å². The van der Waals surface area contributed by atoms with E-state index in [1.54, 1.807) is 46.1 Å². The molecule has 0 saturated heterocycles. The minimum Gasteiger partial charge on any atom is -0.334 e. The summed E-state index contributed by atoms with van der Waals surface area (Å²) in [4.78, 5) is 27.8. The summed E-state index contributed by atoms with van der Waals surface area (Å²) in [7, 11) is 1.78. The van der Waals surface area contributed by atoms with Gasteiger partial charge >= 0.3 is 0 Å². The summed E-state index contributed by atoms with van der Waals surface area (Å²) in [5.74, 6) is 0.430. The predicted octanol–water partition coefficient (Wildman–Crippen LogP) is 3.43. The van der Waals surface area contributed by atoms with E-state index in [2.05, 4.69) is 15.0 Å². The topological polar surface area (TPSA) is 63.4 Å². The van der Waals surface area contributed by atoms with Gasteiger partial charge in [0.15, 0.2) is 0 Å². The highest BCUT2D eigenvalue weighted by atomic mass is 32.1. The molecule has 7 heteroatoms. The second-order valence-corrected chi connectivity index (χ2v) is 6.86. The Hall–Kier alpha value is -3.06. The number of aromatic nitrogens is 4. The second kappa shape index (κ2) is 6.68. The van der Waals surface area contributed by atoms with Crippen LogP contribution in [0.3, 0.4) is 0 Å². The average Bonchev–Trinajstić information content (AvgIpc) is 3.25. The van der Waals surface area contributed by atoms with Crippen LogP contribution in [-0.4, -0.2) is 37.2 Å². The van der Waals surface area contributed by atoms with Crippen LogP contribution in [0.1, 0.15) is 21.9 Å². The van der Waals surface area contributed by atoms with E-state index in [1.807, 2.05) is 42.6 Å². The van der Waals surface area contributed by atoms with Crippen molar-refractivity contribution in [2.24, 2.45) is 0 Å². The third kappa shape index (κ3) is 2.97. The first-order valence-electron chi connectivity index (χ1n) is 8.18. The Bertz CT molecular complexity index is 1070. The van der Waals surface area contributed by atoms with Gasteiger partial charge < -0.3 is 4.90 Å². The van der Waals surface area contributed by atoms with Crippen LogP contribution in [0.15, 0.2) is 54.2 Å². The number of carbonyl (C=O) groups excluding carboxylic acids is 1. The van der Waals surface area contributed by atoms with E-state index in [0.717, 1.165) is 16.3 Å². The molecule has 0 N–H and O–H groups in total. The third-order valence-corrected chi connectivity index (χ3v) is 5.04. The zero-order valence-electron chi connectivity index (χ0n) is 14.5. The van der Waals surface area contributed by atoms with Crippen LogP contribution in [-0.2, 0) is 6.54 Å². The van der Waals surface area contributed by atoms with Gasteiger partial charge in [-0.25, -0.2) is 15.0 Å². The molecule has 4 rings (SSSR count). The molecule has 0 atom stereocenters. The largest absolute Gasteiger partial charge is 0.334 e. The second-order valence-electron chi connectivity index (χ2n) is 6.01. The molecule has 0 radical (unpaired) electrons. The van der Waals surface area contributed by atoms with Gasteiger partial charge in [-0.2, -0.15) is 0 Å². The van der Waals surface area contributed by atoms with Crippen LogP contribution in [0.4, 0.5) is 0 Å². The number of carbonyl (C=O) groups is 1. The van der Waals surface area contributed by atoms with Crippen LogP contribution in [0.2, 0.25) is 0 Å². The average molecular weight is 363 g/mol. The van der Waals surface area contributed by atoms with Crippen molar-refractivity contribution in [3.8, 4) is 10.6 Å². The summed E-state index contributed by atoms with van der Waals surface area (Å²) in [6.07, 6.45) is 3.47. The Morgan fingerprint density at radius 2 is 2.00 bits per heavy atom. The Morgan fingerprint density at radius 3 is 2.81 bits per heavy atom. The minimum absolute atomic E-state index is 0.0998. The van der Waals surface area contributed by atoms with Crippen molar-refractivity contribution in [2.45, 2.75) is 13.5 Å². The molecule has 0 aliphatic rings. The number of nitrogens with zero attached hydrogens (tertiary/aromatic N) is 5. The molecule has 0 fully saturated rings. The number of aryl methyl sites for hydroxylation is 1. The standard InChI is InChI=1S/C19H17N5OS/c1-13-16(24-10-6-9-20-19(24)21-13)18(25)23(2)11-15-12-26-17(22-15)14-7-4-3-5-8-14/h3-10,12H,11H2,1-2H3. The van der Waals surface area contributed by atoms with E-state index < -0.39 is 0 Å². The molecule has 1 aromatic carbocycles. The van der Waals surface area contributed by atoms with Gasteiger partial charge in [0.25, 0.3) is 5.91 Å². The maximum absolute atomic E-state index is 12.9. The first-order chi connectivity index (χ1) is 12.6. The van der Waals surface area contributed by atoms with Gasteiger partial charge in [-0.05, 0) is 13.0 Å². The van der Waals surface area contributed by atoms with Crippen LogP contribution < -0.4 is 0 Å². The molecule has 0 aliphatic heterocycles. The SMILES string of the molecule is Cc1nc2ncccn2c1C(=O)N(C)Cc1csc(-c2ccccc2)n1. The zero-order chi connectivity index (χ0) is 18.1. The van der Waals surface area contributed by atoms with Gasteiger partial charge in [0.05, 0.1) is 17.9 Å². The normalized spacial score (nSPS) is 11.0. The van der Waals surface area contributed by atoms with E-state index in [1.165, 1.54) is 0 Å². The fourth-order valence-corrected chi connectivity index (χ4v) is 3.66. The lowest BCUT2D eigenvalue weighted by Gasteiger charge is -2.16. The maximum Gasteiger partial charge on any atom is 0.272 e. The summed E-state index contributed by atoms with van der Waals surface area (Å²) in [5, 5.41) is 2.95. The molecule has 26 heavy (non-hydrogen) atoms. The number of thiazole rings is 1. The third-order valence-electron chi connectivity index (χ3n) is 4.10. The quantitative estimate of drug-likeness (QED) is 0.557. The summed E-state index contributed by atoms with van der Waals surface area (Å²) in [6.45, 7) is 2.27. The lowest BCUT2D eigenvalue weighted by Crippen LogP contribution is -2.28. The molecule has 3 heterocycles. The predicted molar refractivity (Wildman–Crippen MR) is 101 cm³/mol. The smallest absolute Gasteiger partial charge is 0.272 e. The Morgan fingerprint density at radius 1 is 1.19 bits per heavy atom. The summed E-state index contributed by atoms with van der Waals surface area (Å²) in [5.41, 5.74) is 3.16. The van der Waals surface area contributed by atoms with Gasteiger partial charge in [0.2, 0.25) is 5.78 Å². The molecule has 6 nitrogen and oxygen atoms in total. The van der Waals surface area contributed by atoms with E-state index in [9.17, 15) is 4.79 Å². The van der Waals surface area contributed by atoms with E-state index in [0.29, 0.717) is 23.7 Å². The Labute approximate surface area is 154 Å². The molecular formula is C19H17N5OS. The molecule has 0 aliphatic carbocycles. The Balaban J connectivity index is 1.56. The molecular weight excluding hydrogens is 346 g/mol. The lowest BCUT2D eigenvalue weighted by molar-refractivity contribution is 0.0776. The molecule has 1 amide bonds. The number of benzene rings is 1. The van der Waals surface area contributed by atoms with Crippen molar-refractivity contribution in [1.82, 2.24) is 24.3 Å². The lowest BCUT2D eigenvalue weighted by atomic mass is 10.2. The number of rotatable bonds is 4. The first-order valence-corrected chi connectivity index (χ1v) is 9.06. The molecule has 0 saturated carbocycles. The van der Waals surface area contributed by atoms with Crippen molar-refractivity contribution < 1.29 is 4.79 Å². The molecule has 0 bridgehead atoms. The van der Waals surface area contributed by atoms with Crippen molar-refractivity contribution in [2.75, 3.05) is 7.05 Å². The highest BCUT2D eigenvalue weighted by Crippen LogP contribution is 2.24. The zero-order valence-corrected chi connectivity index (χ0v) is 15.3. The van der Waals surface area contributed by atoms with Crippen molar-refractivity contribution in [1.29, 1.82) is 0 Å². The number of fused-ring (bicyclic) bond motifs is 1. The first kappa shape index (κ1) is 16.4. The highest BCUT2D eigenvalue weighted by molar-refractivity contribution is 7.13. The van der Waals surface area contributed by atoms with Gasteiger partial charge in [0.1, 0.15) is 10.7 Å². The summed E-state index contributed by atoms with van der Waals surface area (Å²) < 4.78 is 1.73. The van der Waals surface area contributed by atoms with Gasteiger partial charge in [-0.15, -0.1) is 11.3 Å². The summed E-state index contributed by atoms with van der Waals surface area (Å²) in [6, 6.07) is 11.8. The van der Waals surface area contributed by atoms with Crippen molar-refractivity contribution >= 4 is 23.0 Å². The molecule has 0 unspecified atom stereocenters. The highest BCUT2D eigenvalue weighted by Gasteiger charge is 2.21. The number of imidazole rings is 1. The van der Waals surface area contributed by atoms with Gasteiger partial charge in [-0.1, -0.05) is 30.3 Å². The van der Waals surface area contributed by atoms with Crippen LogP contribution in [0.25, 0.3) is 16.3 Å². The number of hydrogen-bond acceptors (Lipinski definition) is 5. The minimum atomic E-state index is -0.0998. The fourth-order valence-electron chi connectivity index (χ4n) is 2.84. The van der Waals surface area contributed by atoms with Crippen molar-refractivity contribution in [3.63, 3.8) is 0 Å². The fraction of sp³-hybridized carbons (Fsp3) is 0.158. The van der Waals surface area contributed by atoms with Crippen LogP contribution in [0, 0.1) is 6.92 Å². The van der Waals surface area contributed by atoms with E-state index in [-0.39, 0.29) is 5.91 Å². The molecule has 4 aromatic rings. The maximum atomic E-state index is 12.9. The number of hydrogen-bond donors (Lipinski definition) is 0. The Kier molecular flexibility index (Phi) is 4.22. The molecule has 0 spiro atoms. The van der Waals surface area contributed by atoms with Gasteiger partial charge in [-0.3, -0.25) is 9.20 Å². The van der Waals surface area contributed by atoms with Crippen LogP contribution >= 0.6 is 11.3 Å². The summed E-state index contributed by atoms with van der Waals surface area (Å²) >= 11 is 1.58. The molecule has 130 valence electrons. The van der Waals surface area contributed by atoms with Gasteiger partial charge in [0, 0.05) is 30.4 Å².